The fourth-order valence-electron chi connectivity index (χ4n) is 10.3. The minimum atomic E-state index is -1.87. The number of alkyl halides is 1. The van der Waals surface area contributed by atoms with Gasteiger partial charge in [0.25, 0.3) is 0 Å². The van der Waals surface area contributed by atoms with E-state index in [1.54, 1.807) is 33.8 Å². The van der Waals surface area contributed by atoms with E-state index in [1.165, 1.54) is 6.08 Å². The lowest BCUT2D eigenvalue weighted by molar-refractivity contribution is -0.361. The molecule has 0 radical (unpaired) electrons. The molecule has 0 aromatic heterocycles. The number of carbonyl (C=O) groups excluding carboxylic acids is 2. The first-order valence-electron chi connectivity index (χ1n) is 13.2. The van der Waals surface area contributed by atoms with Gasteiger partial charge in [-0.3, -0.25) is 4.79 Å². The molecule has 0 bridgehead atoms. The average molecular weight is 521 g/mol. The van der Waals surface area contributed by atoms with Crippen LogP contribution in [0.3, 0.4) is 0 Å². The van der Waals surface area contributed by atoms with Crippen molar-refractivity contribution in [3.05, 3.63) is 23.3 Å². The predicted molar refractivity (Wildman–Crippen MR) is 131 cm³/mol. The summed E-state index contributed by atoms with van der Waals surface area (Å²) in [6.07, 6.45) is 2.55. The molecule has 1 aliphatic heterocycles. The summed E-state index contributed by atoms with van der Waals surface area (Å²) in [5.41, 5.74) is -6.59. The van der Waals surface area contributed by atoms with Gasteiger partial charge < -0.3 is 25.2 Å². The van der Waals surface area contributed by atoms with E-state index < -0.39 is 62.5 Å². The molecule has 7 nitrogen and oxygen atoms in total. The van der Waals surface area contributed by atoms with Crippen LogP contribution in [0, 0.1) is 34.5 Å². The van der Waals surface area contributed by atoms with Crippen LogP contribution in [0.15, 0.2) is 23.3 Å². The minimum Gasteiger partial charge on any atom is -0.445 e. The van der Waals surface area contributed by atoms with Gasteiger partial charge in [-0.15, -0.1) is 11.6 Å². The van der Waals surface area contributed by atoms with Gasteiger partial charge in [0.15, 0.2) is 11.4 Å². The van der Waals surface area contributed by atoms with Crippen LogP contribution >= 0.6 is 11.6 Å². The number of halogens is 1. The maximum atomic E-state index is 13.6. The molecule has 6 aliphatic rings. The number of hydrogen-bond donors (Lipinski definition) is 4. The second-order valence-electron chi connectivity index (χ2n) is 13.0. The van der Waals surface area contributed by atoms with Crippen LogP contribution in [0.4, 0.5) is 0 Å². The minimum absolute atomic E-state index is 0.00588. The number of carbonyl (C=O) groups is 2. The number of esters is 1. The zero-order valence-corrected chi connectivity index (χ0v) is 22.3. The van der Waals surface area contributed by atoms with E-state index in [0.717, 1.165) is 0 Å². The Bertz CT molecular complexity index is 1150. The molecule has 4 fully saturated rings. The Hall–Kier alpha value is -1.25. The van der Waals surface area contributed by atoms with Gasteiger partial charge in [-0.2, -0.15) is 0 Å². The highest BCUT2D eigenvalue weighted by Crippen LogP contribution is 2.77. The molecule has 0 aromatic rings. The first-order chi connectivity index (χ1) is 16.6. The van der Waals surface area contributed by atoms with E-state index in [-0.39, 0.29) is 24.0 Å². The van der Waals surface area contributed by atoms with Crippen LogP contribution in [-0.4, -0.2) is 66.1 Å². The summed E-state index contributed by atoms with van der Waals surface area (Å²) < 4.78 is 6.02. The molecule has 12 unspecified atom stereocenters. The number of ether oxygens (including phenoxy) is 1. The van der Waals surface area contributed by atoms with Gasteiger partial charge in [-0.05, 0) is 75.4 Å². The lowest BCUT2D eigenvalue weighted by Crippen LogP contribution is -2.84. The molecule has 5 aliphatic carbocycles. The Morgan fingerprint density at radius 3 is 2.39 bits per heavy atom. The number of allylic oxidation sites excluding steroid dienone is 2. The largest absolute Gasteiger partial charge is 0.445 e. The molecule has 1 heterocycles. The predicted octanol–water partition coefficient (Wildman–Crippen LogP) is 2.42. The van der Waals surface area contributed by atoms with E-state index in [4.69, 9.17) is 16.3 Å². The molecule has 0 saturated heterocycles. The van der Waals surface area contributed by atoms with Crippen molar-refractivity contribution in [3.63, 3.8) is 0 Å². The van der Waals surface area contributed by atoms with Crippen molar-refractivity contribution in [2.45, 2.75) is 101 Å². The number of aliphatic hydroxyl groups excluding tert-OH is 2. The zero-order chi connectivity index (χ0) is 26.4. The van der Waals surface area contributed by atoms with Crippen molar-refractivity contribution < 1.29 is 34.8 Å². The van der Waals surface area contributed by atoms with Crippen LogP contribution in [0.1, 0.15) is 66.7 Å². The van der Waals surface area contributed by atoms with Crippen molar-refractivity contribution >= 4 is 23.4 Å². The average Bonchev–Trinajstić information content (AvgIpc) is 3.24. The highest BCUT2D eigenvalue weighted by Gasteiger charge is 2.86. The number of aliphatic hydroxyl groups is 4. The van der Waals surface area contributed by atoms with Gasteiger partial charge in [-0.25, -0.2) is 4.79 Å². The van der Waals surface area contributed by atoms with Crippen molar-refractivity contribution in [2.24, 2.45) is 34.5 Å². The number of rotatable bonds is 0. The molecule has 0 aromatic carbocycles. The molecule has 6 rings (SSSR count). The molecular weight excluding hydrogens is 484 g/mol. The summed E-state index contributed by atoms with van der Waals surface area (Å²) in [6, 6.07) is 0. The smallest absolute Gasteiger partial charge is 0.334 e. The molecule has 8 heteroatoms. The lowest BCUT2D eigenvalue weighted by atomic mass is 9.35. The maximum Gasteiger partial charge on any atom is 0.334 e. The summed E-state index contributed by atoms with van der Waals surface area (Å²) in [7, 11) is 0. The standard InChI is InChI=1S/C28H37ClO7/c1-13-14(2)28(36-22(13)33)21(32)15(3)26(34)10-8-17-16-11-20(31)25(29)9-6-7-19(30)23(25,4)18(16)12-27(28,35)24(17,26)5/h6-7,15-18,20-21,31-32,34-35H,8-12H2,1-5H3. The van der Waals surface area contributed by atoms with Crippen LogP contribution in [0.5, 0.6) is 0 Å². The van der Waals surface area contributed by atoms with E-state index in [2.05, 4.69) is 0 Å². The fraction of sp³-hybridized carbons (Fsp3) is 0.786. The van der Waals surface area contributed by atoms with Gasteiger partial charge in [0.2, 0.25) is 0 Å². The second-order valence-corrected chi connectivity index (χ2v) is 13.7. The van der Waals surface area contributed by atoms with E-state index in [1.807, 2.05) is 6.92 Å². The zero-order valence-electron chi connectivity index (χ0n) is 21.5. The molecular formula is C28H37ClO7. The van der Waals surface area contributed by atoms with Gasteiger partial charge in [0.1, 0.15) is 11.7 Å². The van der Waals surface area contributed by atoms with Crippen LogP contribution < -0.4 is 0 Å². The Labute approximate surface area is 216 Å². The van der Waals surface area contributed by atoms with Crippen LogP contribution in [0.25, 0.3) is 0 Å². The molecule has 4 saturated carbocycles. The summed E-state index contributed by atoms with van der Waals surface area (Å²) >= 11 is 7.15. The Balaban J connectivity index is 1.64. The third-order valence-electron chi connectivity index (χ3n) is 12.6. The van der Waals surface area contributed by atoms with E-state index >= 15 is 0 Å². The Morgan fingerprint density at radius 1 is 1.11 bits per heavy atom. The van der Waals surface area contributed by atoms with Crippen molar-refractivity contribution in [1.82, 2.24) is 0 Å². The summed E-state index contributed by atoms with van der Waals surface area (Å²) in [5, 5.41) is 48.5. The van der Waals surface area contributed by atoms with Gasteiger partial charge in [0, 0.05) is 16.9 Å². The number of hydrogen-bond acceptors (Lipinski definition) is 7. The molecule has 4 N–H and O–H groups in total. The number of fused-ring (bicyclic) bond motifs is 5. The van der Waals surface area contributed by atoms with Crippen LogP contribution in [-0.2, 0) is 14.3 Å². The van der Waals surface area contributed by atoms with Crippen molar-refractivity contribution in [2.75, 3.05) is 0 Å². The third kappa shape index (κ3) is 2.16. The first-order valence-corrected chi connectivity index (χ1v) is 13.6. The highest BCUT2D eigenvalue weighted by molar-refractivity contribution is 6.28. The molecule has 36 heavy (non-hydrogen) atoms. The monoisotopic (exact) mass is 520 g/mol. The summed E-state index contributed by atoms with van der Waals surface area (Å²) in [4.78, 5) is 25.3. The second kappa shape index (κ2) is 6.84. The molecule has 0 amide bonds. The first kappa shape index (κ1) is 25.1. The molecule has 12 atom stereocenters. The Morgan fingerprint density at radius 2 is 1.78 bits per heavy atom. The third-order valence-corrected chi connectivity index (χ3v) is 13.4. The normalized spacial score (nSPS) is 59.6. The lowest BCUT2D eigenvalue weighted by Gasteiger charge is -2.73. The maximum absolute atomic E-state index is 13.6. The SMILES string of the molecule is CC1=C(C)C2(OC1=O)C(O)C(C)C1(O)CCC3C4CC(O)C5(Cl)CC=CC(=O)C5(C)C4CC2(O)C31C. The van der Waals surface area contributed by atoms with E-state index in [9.17, 15) is 30.0 Å². The van der Waals surface area contributed by atoms with Gasteiger partial charge >= 0.3 is 5.97 Å². The molecule has 198 valence electrons. The van der Waals surface area contributed by atoms with Gasteiger partial charge in [-0.1, -0.05) is 26.8 Å². The quantitative estimate of drug-likeness (QED) is 0.285. The number of ketones is 1. The summed E-state index contributed by atoms with van der Waals surface area (Å²) in [5.74, 6) is -2.39. The van der Waals surface area contributed by atoms with Crippen molar-refractivity contribution in [3.8, 4) is 0 Å². The highest BCUT2D eigenvalue weighted by atomic mass is 35.5. The Kier molecular flexibility index (Phi) is 4.76. The van der Waals surface area contributed by atoms with Crippen molar-refractivity contribution in [1.29, 1.82) is 0 Å². The fourth-order valence-corrected chi connectivity index (χ4v) is 10.7. The van der Waals surface area contributed by atoms with E-state index in [0.29, 0.717) is 36.8 Å². The van der Waals surface area contributed by atoms with Crippen LogP contribution in [0.2, 0.25) is 0 Å². The van der Waals surface area contributed by atoms with Gasteiger partial charge in [0.05, 0.1) is 22.0 Å². The summed E-state index contributed by atoms with van der Waals surface area (Å²) in [6.45, 7) is 8.76. The topological polar surface area (TPSA) is 124 Å². The molecule has 1 spiro atoms.